The second kappa shape index (κ2) is 5.07. The van der Waals surface area contributed by atoms with Crippen molar-refractivity contribution in [3.8, 4) is 0 Å². The lowest BCUT2D eigenvalue weighted by Crippen LogP contribution is -2.04. The summed E-state index contributed by atoms with van der Waals surface area (Å²) in [7, 11) is -4.59. The van der Waals surface area contributed by atoms with Gasteiger partial charge in [-0.05, 0) is 29.1 Å². The smallest absolute Gasteiger partial charge is 0.396 e. The lowest BCUT2D eigenvalue weighted by Gasteiger charge is -2.05. The maximum Gasteiger partial charge on any atom is 0.396 e. The summed E-state index contributed by atoms with van der Waals surface area (Å²) in [4.78, 5) is 11.7. The Hall–Kier alpha value is -2.06. The summed E-state index contributed by atoms with van der Waals surface area (Å²) in [6.07, 6.45) is 0. The van der Waals surface area contributed by atoms with Crippen LogP contribution in [0.2, 0.25) is 0 Å². The third-order valence-corrected chi connectivity index (χ3v) is 2.26. The molecule has 0 radical (unpaired) electrons. The number of carbonyl (C=O) groups is 1. The van der Waals surface area contributed by atoms with E-state index in [1.165, 1.54) is 25.1 Å². The van der Waals surface area contributed by atoms with E-state index >= 15 is 0 Å². The number of hydrogen-bond donors (Lipinski definition) is 2. The molecule has 0 spiro atoms. The summed E-state index contributed by atoms with van der Waals surface area (Å²) in [5, 5.41) is 3.26. The number of rotatable bonds is 4. The molecule has 0 saturated carbocycles. The zero-order chi connectivity index (χ0) is 13.9. The lowest BCUT2D eigenvalue weighted by molar-refractivity contribution is 0.103. The lowest BCUT2D eigenvalue weighted by atomic mass is 10.0. The summed E-state index contributed by atoms with van der Waals surface area (Å²) < 4.78 is 31.9. The number of hydrogen-bond acceptors (Lipinski definition) is 5. The number of carbonyl (C=O) groups excluding carboxylic acids is 1. The van der Waals surface area contributed by atoms with Crippen LogP contribution in [0.1, 0.15) is 17.3 Å². The van der Waals surface area contributed by atoms with E-state index in [-0.39, 0.29) is 28.3 Å². The molecule has 7 nitrogen and oxygen atoms in total. The highest BCUT2D eigenvalue weighted by molar-refractivity contribution is 7.84. The van der Waals surface area contributed by atoms with Gasteiger partial charge in [0.2, 0.25) is 0 Å². The van der Waals surface area contributed by atoms with Crippen LogP contribution < -0.4 is 5.73 Å². The summed E-state index contributed by atoms with van der Waals surface area (Å²) in [6, 6.07) is 4.28. The highest BCUT2D eigenvalue weighted by atomic mass is 32.2. The first kappa shape index (κ1) is 14.0. The third kappa shape index (κ3) is 3.47. The minimum absolute atomic E-state index is 0.0280. The fourth-order valence-corrected chi connectivity index (χ4v) is 1.35. The summed E-state index contributed by atoms with van der Waals surface area (Å²) in [5.41, 5.74) is 6.03. The second-order valence-electron chi connectivity index (χ2n) is 3.48. The average Bonchev–Trinajstić information content (AvgIpc) is 2.25. The van der Waals surface area contributed by atoms with Crippen LogP contribution >= 0.6 is 0 Å². The SMILES string of the molecule is C=C(C)C(=O)c1cccc(N=NS(=O)(=O)O)c1N. The number of para-hydroxylation sites is 1. The molecule has 0 aliphatic rings. The Bertz CT molecular complexity index is 635. The van der Waals surface area contributed by atoms with Gasteiger partial charge in [0.05, 0.1) is 5.69 Å². The first-order valence-electron chi connectivity index (χ1n) is 4.71. The van der Waals surface area contributed by atoms with Crippen molar-refractivity contribution in [2.75, 3.05) is 5.73 Å². The number of anilines is 1. The van der Waals surface area contributed by atoms with Crippen LogP contribution in [-0.4, -0.2) is 18.8 Å². The van der Waals surface area contributed by atoms with Crippen molar-refractivity contribution >= 4 is 27.5 Å². The van der Waals surface area contributed by atoms with Crippen LogP contribution in [0.3, 0.4) is 0 Å². The molecule has 3 N–H and O–H groups in total. The first-order valence-corrected chi connectivity index (χ1v) is 6.11. The number of Topliss-reactive ketones (excluding diaryl/α,β-unsaturated/α-hetero) is 1. The molecule has 0 heterocycles. The molecular weight excluding hydrogens is 258 g/mol. The van der Waals surface area contributed by atoms with Gasteiger partial charge in [-0.2, -0.15) is 8.42 Å². The fraction of sp³-hybridized carbons (Fsp3) is 0.100. The Morgan fingerprint density at radius 3 is 2.56 bits per heavy atom. The molecular formula is C10H11N3O4S. The number of nitrogens with zero attached hydrogens (tertiary/aromatic N) is 2. The molecule has 0 aliphatic heterocycles. The average molecular weight is 269 g/mol. The van der Waals surface area contributed by atoms with E-state index in [2.05, 4.69) is 16.2 Å². The van der Waals surface area contributed by atoms with Gasteiger partial charge in [0.1, 0.15) is 5.69 Å². The van der Waals surface area contributed by atoms with Crippen LogP contribution in [0, 0.1) is 0 Å². The molecule has 0 fully saturated rings. The number of ketones is 1. The predicted molar refractivity (Wildman–Crippen MR) is 66.1 cm³/mol. The van der Waals surface area contributed by atoms with Crippen LogP contribution in [0.25, 0.3) is 0 Å². The van der Waals surface area contributed by atoms with E-state index in [0.29, 0.717) is 0 Å². The van der Waals surface area contributed by atoms with E-state index in [9.17, 15) is 13.2 Å². The van der Waals surface area contributed by atoms with Crippen molar-refractivity contribution in [1.29, 1.82) is 0 Å². The molecule has 0 aromatic heterocycles. The molecule has 1 aromatic carbocycles. The molecule has 0 unspecified atom stereocenters. The van der Waals surface area contributed by atoms with Crippen molar-refractivity contribution in [2.45, 2.75) is 6.92 Å². The molecule has 0 atom stereocenters. The topological polar surface area (TPSA) is 122 Å². The monoisotopic (exact) mass is 269 g/mol. The number of benzene rings is 1. The number of nitrogens with two attached hydrogens (primary N) is 1. The van der Waals surface area contributed by atoms with Crippen LogP contribution in [0.5, 0.6) is 0 Å². The molecule has 96 valence electrons. The van der Waals surface area contributed by atoms with Crippen LogP contribution in [0.4, 0.5) is 11.4 Å². The van der Waals surface area contributed by atoms with Crippen molar-refractivity contribution in [1.82, 2.24) is 0 Å². The Kier molecular flexibility index (Phi) is 3.94. The van der Waals surface area contributed by atoms with E-state index in [4.69, 9.17) is 10.3 Å². The van der Waals surface area contributed by atoms with Gasteiger partial charge in [-0.15, -0.1) is 5.11 Å². The van der Waals surface area contributed by atoms with Crippen molar-refractivity contribution in [3.63, 3.8) is 0 Å². The molecule has 8 heteroatoms. The van der Waals surface area contributed by atoms with E-state index in [1.807, 2.05) is 0 Å². The molecule has 1 aromatic rings. The molecule has 0 amide bonds. The van der Waals surface area contributed by atoms with Gasteiger partial charge < -0.3 is 5.73 Å². The van der Waals surface area contributed by atoms with Gasteiger partial charge >= 0.3 is 10.3 Å². The Balaban J connectivity index is 3.26. The normalized spacial score (nSPS) is 11.7. The van der Waals surface area contributed by atoms with E-state index < -0.39 is 10.3 Å². The Morgan fingerprint density at radius 2 is 2.06 bits per heavy atom. The zero-order valence-electron chi connectivity index (χ0n) is 9.49. The van der Waals surface area contributed by atoms with Gasteiger partial charge in [0, 0.05) is 5.56 Å². The zero-order valence-corrected chi connectivity index (χ0v) is 10.3. The highest BCUT2D eigenvalue weighted by Gasteiger charge is 2.13. The molecule has 1 rings (SSSR count). The Labute approximate surface area is 104 Å². The maximum absolute atomic E-state index is 11.7. The number of allylic oxidation sites excluding steroid dienone is 1. The number of nitrogen functional groups attached to an aromatic ring is 1. The van der Waals surface area contributed by atoms with E-state index in [0.717, 1.165) is 0 Å². The van der Waals surface area contributed by atoms with Gasteiger partial charge in [0.15, 0.2) is 5.78 Å². The molecule has 0 aliphatic carbocycles. The molecule has 18 heavy (non-hydrogen) atoms. The summed E-state index contributed by atoms with van der Waals surface area (Å²) in [6.45, 7) is 5.01. The minimum atomic E-state index is -4.59. The Morgan fingerprint density at radius 1 is 1.44 bits per heavy atom. The molecule has 0 saturated heterocycles. The maximum atomic E-state index is 11.7. The summed E-state index contributed by atoms with van der Waals surface area (Å²) >= 11 is 0. The van der Waals surface area contributed by atoms with Crippen molar-refractivity contribution < 1.29 is 17.8 Å². The quantitative estimate of drug-likeness (QED) is 0.284. The standard InChI is InChI=1S/C10H11N3O4S/c1-6(2)10(14)7-4-3-5-8(9(7)11)12-13-18(15,16)17/h3-5H,1,11H2,2H3,(H,15,16,17). The molecule has 0 bridgehead atoms. The van der Waals surface area contributed by atoms with Gasteiger partial charge in [-0.25, -0.2) is 0 Å². The fourth-order valence-electron chi connectivity index (χ4n) is 1.16. The van der Waals surface area contributed by atoms with Gasteiger partial charge in [0.25, 0.3) is 0 Å². The van der Waals surface area contributed by atoms with Gasteiger partial charge in [-0.1, -0.05) is 12.6 Å². The van der Waals surface area contributed by atoms with Crippen LogP contribution in [0.15, 0.2) is 40.0 Å². The second-order valence-corrected chi connectivity index (χ2v) is 4.54. The highest BCUT2D eigenvalue weighted by Crippen LogP contribution is 2.27. The third-order valence-electron chi connectivity index (χ3n) is 1.97. The van der Waals surface area contributed by atoms with Gasteiger partial charge in [-0.3, -0.25) is 9.35 Å². The van der Waals surface area contributed by atoms with E-state index in [1.54, 1.807) is 0 Å². The largest absolute Gasteiger partial charge is 0.396 e. The van der Waals surface area contributed by atoms with Crippen molar-refractivity contribution in [3.05, 3.63) is 35.9 Å². The van der Waals surface area contributed by atoms with Crippen LogP contribution in [-0.2, 0) is 10.3 Å². The minimum Gasteiger partial charge on any atom is -0.396 e. The summed E-state index contributed by atoms with van der Waals surface area (Å²) in [5.74, 6) is -0.378. The first-order chi connectivity index (χ1) is 8.22. The van der Waals surface area contributed by atoms with Crippen molar-refractivity contribution in [2.24, 2.45) is 9.63 Å². The predicted octanol–water partition coefficient (Wildman–Crippen LogP) is 1.91.